The Morgan fingerprint density at radius 3 is 2.77 bits per heavy atom. The van der Waals surface area contributed by atoms with Crippen molar-refractivity contribution in [2.45, 2.75) is 44.6 Å². The summed E-state index contributed by atoms with van der Waals surface area (Å²) in [6, 6.07) is 5.94. The number of alkyl halides is 3. The molecule has 2 aromatic heterocycles. The van der Waals surface area contributed by atoms with Gasteiger partial charge in [0, 0.05) is 43.0 Å². The fourth-order valence-corrected chi connectivity index (χ4v) is 4.84. The molecule has 0 bridgehead atoms. The van der Waals surface area contributed by atoms with Crippen molar-refractivity contribution in [1.29, 1.82) is 0 Å². The van der Waals surface area contributed by atoms with E-state index in [-0.39, 0.29) is 19.1 Å². The number of carbonyl (C=O) groups is 1. The largest absolute Gasteiger partial charge is 0.426 e. The third kappa shape index (κ3) is 4.19. The van der Waals surface area contributed by atoms with Crippen LogP contribution in [-0.4, -0.2) is 64.0 Å². The molecular formula is C25H27F3N4O3. The Hall–Kier alpha value is -2.95. The first-order chi connectivity index (χ1) is 16.6. The molecule has 2 aliphatic heterocycles. The Bertz CT molecular complexity index is 1280. The lowest BCUT2D eigenvalue weighted by atomic mass is 9.87. The van der Waals surface area contributed by atoms with Crippen molar-refractivity contribution in [3.05, 3.63) is 52.8 Å². The second-order valence-electron chi connectivity index (χ2n) is 9.42. The molecule has 1 saturated heterocycles. The van der Waals surface area contributed by atoms with Crippen LogP contribution in [0.4, 0.5) is 13.2 Å². The van der Waals surface area contributed by atoms with Gasteiger partial charge in [-0.3, -0.25) is 4.79 Å². The molecule has 10 heteroatoms. The molecule has 7 nitrogen and oxygen atoms in total. The second-order valence-corrected chi connectivity index (χ2v) is 9.42. The summed E-state index contributed by atoms with van der Waals surface area (Å²) in [4.78, 5) is 21.5. The lowest BCUT2D eigenvalue weighted by molar-refractivity contribution is -0.250. The third-order valence-corrected chi connectivity index (χ3v) is 7.00. The molecule has 4 heterocycles. The Morgan fingerprint density at radius 1 is 1.26 bits per heavy atom. The minimum Gasteiger partial charge on any atom is -0.378 e. The maximum absolute atomic E-state index is 13.3. The van der Waals surface area contributed by atoms with Crippen LogP contribution >= 0.6 is 0 Å². The van der Waals surface area contributed by atoms with Gasteiger partial charge >= 0.3 is 6.18 Å². The van der Waals surface area contributed by atoms with E-state index >= 15 is 0 Å². The standard InChI is InChI=1S/C25H27F3N4O3/c1-14-10-30-22-18(14)9-17(11-31-22)16-7-15-3-5-32(23(33)24(2,34)25(26,27)28)12-20(15)19(8-16)21-13-35-6-4-29-21/h7-11,21,29,34H,3-6,12-13H2,1-2H3,(H,30,31). The molecule has 0 spiro atoms. The average molecular weight is 489 g/mol. The van der Waals surface area contributed by atoms with Gasteiger partial charge in [0.2, 0.25) is 5.60 Å². The summed E-state index contributed by atoms with van der Waals surface area (Å²) in [5, 5.41) is 14.4. The van der Waals surface area contributed by atoms with E-state index in [0.717, 1.165) is 49.3 Å². The van der Waals surface area contributed by atoms with E-state index in [1.54, 1.807) is 6.20 Å². The molecule has 35 heavy (non-hydrogen) atoms. The number of ether oxygens (including phenoxy) is 1. The molecule has 0 radical (unpaired) electrons. The number of aliphatic hydroxyl groups is 1. The SMILES string of the molecule is Cc1c[nH]c2ncc(-c3cc4c(c(C5COCCN5)c3)CN(C(=O)C(C)(O)C(F)(F)F)CC4)cc12. The first kappa shape index (κ1) is 23.8. The summed E-state index contributed by atoms with van der Waals surface area (Å²) in [6.07, 6.45) is -0.974. The van der Waals surface area contributed by atoms with Gasteiger partial charge in [-0.1, -0.05) is 6.07 Å². The maximum Gasteiger partial charge on any atom is 0.426 e. The maximum atomic E-state index is 13.3. The molecule has 3 N–H and O–H groups in total. The normalized spacial score (nSPS) is 20.5. The Kier molecular flexibility index (Phi) is 5.85. The third-order valence-electron chi connectivity index (χ3n) is 7.00. The predicted octanol–water partition coefficient (Wildman–Crippen LogP) is 3.40. The molecule has 1 fully saturated rings. The number of aryl methyl sites for hydroxylation is 1. The van der Waals surface area contributed by atoms with Gasteiger partial charge in [-0.2, -0.15) is 13.2 Å². The number of nitrogens with zero attached hydrogens (tertiary/aromatic N) is 2. The number of halogens is 3. The summed E-state index contributed by atoms with van der Waals surface area (Å²) in [6.45, 7) is 4.23. The molecular weight excluding hydrogens is 461 g/mol. The quantitative estimate of drug-likeness (QED) is 0.526. The first-order valence-electron chi connectivity index (χ1n) is 11.6. The summed E-state index contributed by atoms with van der Waals surface area (Å²) >= 11 is 0. The van der Waals surface area contributed by atoms with Crippen molar-refractivity contribution in [3.8, 4) is 11.1 Å². The van der Waals surface area contributed by atoms with Crippen molar-refractivity contribution < 1.29 is 27.8 Å². The van der Waals surface area contributed by atoms with Gasteiger partial charge in [0.1, 0.15) is 5.65 Å². The number of pyridine rings is 1. The number of H-pyrrole nitrogens is 1. The van der Waals surface area contributed by atoms with Crippen LogP contribution in [0.1, 0.15) is 35.2 Å². The van der Waals surface area contributed by atoms with E-state index < -0.39 is 17.7 Å². The highest BCUT2D eigenvalue weighted by Gasteiger charge is 2.57. The van der Waals surface area contributed by atoms with Gasteiger partial charge in [0.25, 0.3) is 5.91 Å². The number of amides is 1. The van der Waals surface area contributed by atoms with Crippen molar-refractivity contribution >= 4 is 16.9 Å². The summed E-state index contributed by atoms with van der Waals surface area (Å²) in [5.41, 5.74) is 2.97. The van der Waals surface area contributed by atoms with Gasteiger partial charge in [0.05, 0.1) is 19.3 Å². The number of fused-ring (bicyclic) bond motifs is 2. The van der Waals surface area contributed by atoms with Crippen LogP contribution in [0.2, 0.25) is 0 Å². The number of hydrogen-bond donors (Lipinski definition) is 3. The number of hydrogen-bond acceptors (Lipinski definition) is 5. The monoisotopic (exact) mass is 488 g/mol. The van der Waals surface area contributed by atoms with Crippen LogP contribution in [0, 0.1) is 6.92 Å². The van der Waals surface area contributed by atoms with E-state index in [9.17, 15) is 23.1 Å². The van der Waals surface area contributed by atoms with Crippen molar-refractivity contribution in [1.82, 2.24) is 20.2 Å². The summed E-state index contributed by atoms with van der Waals surface area (Å²) < 4.78 is 45.6. The molecule has 2 aliphatic rings. The number of aromatic nitrogens is 2. The number of rotatable bonds is 3. The Balaban J connectivity index is 1.56. The fraction of sp³-hybridized carbons (Fsp3) is 0.440. The molecule has 2 unspecified atom stereocenters. The van der Waals surface area contributed by atoms with E-state index in [1.807, 2.05) is 25.3 Å². The summed E-state index contributed by atoms with van der Waals surface area (Å²) in [7, 11) is 0. The van der Waals surface area contributed by atoms with E-state index in [0.29, 0.717) is 33.1 Å². The number of benzene rings is 1. The Labute approximate surface area is 200 Å². The van der Waals surface area contributed by atoms with Gasteiger partial charge in [-0.25, -0.2) is 4.98 Å². The van der Waals surface area contributed by atoms with Crippen LogP contribution in [0.15, 0.2) is 30.6 Å². The van der Waals surface area contributed by atoms with Gasteiger partial charge in [-0.05, 0) is 60.2 Å². The van der Waals surface area contributed by atoms with Crippen LogP contribution in [0.25, 0.3) is 22.2 Å². The average Bonchev–Trinajstić information content (AvgIpc) is 3.22. The minimum absolute atomic E-state index is 0.0115. The van der Waals surface area contributed by atoms with Crippen LogP contribution in [0.5, 0.6) is 0 Å². The minimum atomic E-state index is -5.06. The lowest BCUT2D eigenvalue weighted by Crippen LogP contribution is -2.56. The zero-order chi connectivity index (χ0) is 25.0. The smallest absolute Gasteiger partial charge is 0.378 e. The van der Waals surface area contributed by atoms with Crippen LogP contribution < -0.4 is 5.32 Å². The van der Waals surface area contributed by atoms with Gasteiger partial charge in [-0.15, -0.1) is 0 Å². The van der Waals surface area contributed by atoms with E-state index in [2.05, 4.69) is 21.4 Å². The van der Waals surface area contributed by atoms with Gasteiger partial charge < -0.3 is 25.0 Å². The fourth-order valence-electron chi connectivity index (χ4n) is 4.84. The first-order valence-corrected chi connectivity index (χ1v) is 11.6. The molecule has 3 aromatic rings. The molecule has 1 aromatic carbocycles. The molecule has 2 atom stereocenters. The molecule has 5 rings (SSSR count). The lowest BCUT2D eigenvalue weighted by Gasteiger charge is -2.37. The molecule has 0 aliphatic carbocycles. The molecule has 1 amide bonds. The number of morpholine rings is 1. The highest BCUT2D eigenvalue weighted by atomic mass is 19.4. The highest BCUT2D eigenvalue weighted by molar-refractivity contribution is 5.86. The zero-order valence-corrected chi connectivity index (χ0v) is 19.5. The number of aromatic amines is 1. The van der Waals surface area contributed by atoms with Crippen molar-refractivity contribution in [2.75, 3.05) is 26.3 Å². The summed E-state index contributed by atoms with van der Waals surface area (Å²) in [5.74, 6) is -1.34. The predicted molar refractivity (Wildman–Crippen MR) is 124 cm³/mol. The number of nitrogens with one attached hydrogen (secondary N) is 2. The number of carbonyl (C=O) groups excluding carboxylic acids is 1. The van der Waals surface area contributed by atoms with Crippen molar-refractivity contribution in [2.24, 2.45) is 0 Å². The highest BCUT2D eigenvalue weighted by Crippen LogP contribution is 2.37. The van der Waals surface area contributed by atoms with E-state index in [4.69, 9.17) is 4.74 Å². The molecule has 186 valence electrons. The van der Waals surface area contributed by atoms with Crippen molar-refractivity contribution in [3.63, 3.8) is 0 Å². The van der Waals surface area contributed by atoms with E-state index in [1.165, 1.54) is 0 Å². The zero-order valence-electron chi connectivity index (χ0n) is 19.5. The Morgan fingerprint density at radius 2 is 2.06 bits per heavy atom. The van der Waals surface area contributed by atoms with Crippen LogP contribution in [-0.2, 0) is 22.5 Å². The second kappa shape index (κ2) is 8.61. The van der Waals surface area contributed by atoms with Crippen LogP contribution in [0.3, 0.4) is 0 Å². The molecule has 0 saturated carbocycles. The topological polar surface area (TPSA) is 90.5 Å². The van der Waals surface area contributed by atoms with Gasteiger partial charge in [0.15, 0.2) is 0 Å².